The van der Waals surface area contributed by atoms with Gasteiger partial charge in [0, 0.05) is 23.2 Å². The lowest BCUT2D eigenvalue weighted by atomic mass is 10.1. The first-order chi connectivity index (χ1) is 9.97. The van der Waals surface area contributed by atoms with Crippen LogP contribution in [0.2, 0.25) is 0 Å². The number of hydrogen-bond donors (Lipinski definition) is 2. The Hall–Kier alpha value is -2.48. The van der Waals surface area contributed by atoms with E-state index in [0.29, 0.717) is 17.8 Å². The maximum Gasteiger partial charge on any atom is 0.319 e. The second-order valence-electron chi connectivity index (χ2n) is 4.44. The number of thiazole rings is 1. The van der Waals surface area contributed by atoms with Crippen molar-refractivity contribution >= 4 is 28.7 Å². The van der Waals surface area contributed by atoms with Gasteiger partial charge in [-0.1, -0.05) is 0 Å². The Labute approximate surface area is 125 Å². The van der Waals surface area contributed by atoms with E-state index in [1.807, 2.05) is 5.38 Å². The quantitative estimate of drug-likeness (QED) is 0.670. The number of aryl methyl sites for hydroxylation is 2. The van der Waals surface area contributed by atoms with Gasteiger partial charge >= 0.3 is 6.03 Å². The SMILES string of the molecule is Cc1cc(C)c([N+](=O)[O-])cc1NC(=O)NCc1nccs1. The molecule has 0 radical (unpaired) electrons. The van der Waals surface area contributed by atoms with Gasteiger partial charge in [0.2, 0.25) is 0 Å². The highest BCUT2D eigenvalue weighted by Crippen LogP contribution is 2.26. The predicted octanol–water partition coefficient (Wildman–Crippen LogP) is 2.99. The van der Waals surface area contributed by atoms with Gasteiger partial charge in [-0.3, -0.25) is 10.1 Å². The van der Waals surface area contributed by atoms with Crippen LogP contribution in [-0.2, 0) is 6.54 Å². The Morgan fingerprint density at radius 2 is 2.14 bits per heavy atom. The van der Waals surface area contributed by atoms with Crippen LogP contribution >= 0.6 is 11.3 Å². The minimum Gasteiger partial charge on any atom is -0.331 e. The molecule has 0 aliphatic heterocycles. The van der Waals surface area contributed by atoms with Crippen molar-refractivity contribution in [1.82, 2.24) is 10.3 Å². The molecule has 2 aromatic rings. The second-order valence-corrected chi connectivity index (χ2v) is 5.42. The number of aromatic nitrogens is 1. The number of nitrogens with zero attached hydrogens (tertiary/aromatic N) is 2. The number of anilines is 1. The zero-order chi connectivity index (χ0) is 15.4. The van der Waals surface area contributed by atoms with Gasteiger partial charge in [0.05, 0.1) is 17.2 Å². The van der Waals surface area contributed by atoms with Crippen LogP contribution in [0.25, 0.3) is 0 Å². The maximum atomic E-state index is 11.8. The van der Waals surface area contributed by atoms with E-state index >= 15 is 0 Å². The van der Waals surface area contributed by atoms with Gasteiger partial charge in [-0.05, 0) is 25.5 Å². The molecule has 1 aromatic heterocycles. The third kappa shape index (κ3) is 3.76. The highest BCUT2D eigenvalue weighted by molar-refractivity contribution is 7.09. The Bertz CT molecular complexity index is 670. The number of urea groups is 1. The third-order valence-corrected chi connectivity index (χ3v) is 3.65. The number of amides is 2. The minimum absolute atomic E-state index is 0.0178. The Balaban J connectivity index is 2.06. The smallest absolute Gasteiger partial charge is 0.319 e. The second kappa shape index (κ2) is 6.31. The molecule has 0 bridgehead atoms. The zero-order valence-electron chi connectivity index (χ0n) is 11.5. The van der Waals surface area contributed by atoms with Crippen molar-refractivity contribution in [3.63, 3.8) is 0 Å². The van der Waals surface area contributed by atoms with Crippen molar-refractivity contribution < 1.29 is 9.72 Å². The van der Waals surface area contributed by atoms with E-state index in [2.05, 4.69) is 15.6 Å². The first-order valence-corrected chi connectivity index (χ1v) is 7.04. The van der Waals surface area contributed by atoms with Crippen molar-refractivity contribution in [2.45, 2.75) is 20.4 Å². The number of nitro benzene ring substituents is 1. The number of nitrogens with one attached hydrogen (secondary N) is 2. The molecule has 110 valence electrons. The molecule has 0 fully saturated rings. The maximum absolute atomic E-state index is 11.8. The average Bonchev–Trinajstić information content (AvgIpc) is 2.92. The van der Waals surface area contributed by atoms with Crippen LogP contribution in [0, 0.1) is 24.0 Å². The fraction of sp³-hybridized carbons (Fsp3) is 0.231. The molecule has 21 heavy (non-hydrogen) atoms. The molecule has 2 amide bonds. The van der Waals surface area contributed by atoms with E-state index in [1.54, 1.807) is 26.1 Å². The summed E-state index contributed by atoms with van der Waals surface area (Å²) in [5.74, 6) is 0. The van der Waals surface area contributed by atoms with Gasteiger partial charge in [-0.2, -0.15) is 0 Å². The van der Waals surface area contributed by atoms with E-state index in [9.17, 15) is 14.9 Å². The lowest BCUT2D eigenvalue weighted by molar-refractivity contribution is -0.385. The van der Waals surface area contributed by atoms with Crippen LogP contribution in [0.4, 0.5) is 16.2 Å². The summed E-state index contributed by atoms with van der Waals surface area (Å²) in [6.07, 6.45) is 1.66. The van der Waals surface area contributed by atoms with Gasteiger partial charge in [-0.15, -0.1) is 11.3 Å². The molecular formula is C13H14N4O3S. The fourth-order valence-electron chi connectivity index (χ4n) is 1.83. The number of carbonyl (C=O) groups is 1. The molecule has 2 rings (SSSR count). The summed E-state index contributed by atoms with van der Waals surface area (Å²) >= 11 is 1.44. The standard InChI is InChI=1S/C13H14N4O3S/c1-8-5-9(2)11(17(19)20)6-10(8)16-13(18)15-7-12-14-3-4-21-12/h3-6H,7H2,1-2H3,(H2,15,16,18). The predicted molar refractivity (Wildman–Crippen MR) is 80.5 cm³/mol. The van der Waals surface area contributed by atoms with Gasteiger partial charge in [0.1, 0.15) is 5.01 Å². The third-order valence-electron chi connectivity index (χ3n) is 2.87. The van der Waals surface area contributed by atoms with Crippen molar-refractivity contribution in [2.24, 2.45) is 0 Å². The van der Waals surface area contributed by atoms with Gasteiger partial charge in [0.25, 0.3) is 5.69 Å². The van der Waals surface area contributed by atoms with Crippen LogP contribution in [0.1, 0.15) is 16.1 Å². The number of carbonyl (C=O) groups excluding carboxylic acids is 1. The molecule has 0 atom stereocenters. The number of hydrogen-bond acceptors (Lipinski definition) is 5. The topological polar surface area (TPSA) is 97.2 Å². The summed E-state index contributed by atoms with van der Waals surface area (Å²) in [5.41, 5.74) is 1.73. The van der Waals surface area contributed by atoms with Crippen molar-refractivity contribution in [1.29, 1.82) is 0 Å². The van der Waals surface area contributed by atoms with Gasteiger partial charge < -0.3 is 10.6 Å². The molecule has 7 nitrogen and oxygen atoms in total. The number of nitro groups is 1. The van der Waals surface area contributed by atoms with Gasteiger partial charge in [-0.25, -0.2) is 9.78 Å². The molecule has 0 saturated heterocycles. The summed E-state index contributed by atoms with van der Waals surface area (Å²) in [6, 6.07) is 2.62. The first-order valence-electron chi connectivity index (χ1n) is 6.16. The average molecular weight is 306 g/mol. The molecule has 0 unspecified atom stereocenters. The van der Waals surface area contributed by atoms with Crippen LogP contribution in [0.5, 0.6) is 0 Å². The van der Waals surface area contributed by atoms with Gasteiger partial charge in [0.15, 0.2) is 0 Å². The summed E-state index contributed by atoms with van der Waals surface area (Å²) in [4.78, 5) is 26.3. The molecule has 1 aromatic carbocycles. The van der Waals surface area contributed by atoms with Crippen LogP contribution < -0.4 is 10.6 Å². The van der Waals surface area contributed by atoms with Crippen LogP contribution in [0.15, 0.2) is 23.7 Å². The zero-order valence-corrected chi connectivity index (χ0v) is 12.4. The summed E-state index contributed by atoms with van der Waals surface area (Å²) in [7, 11) is 0. The van der Waals surface area contributed by atoms with E-state index in [-0.39, 0.29) is 5.69 Å². The molecule has 0 aliphatic rings. The lowest BCUT2D eigenvalue weighted by Gasteiger charge is -2.10. The normalized spacial score (nSPS) is 10.2. The first kappa shape index (κ1) is 14.9. The molecular weight excluding hydrogens is 292 g/mol. The van der Waals surface area contributed by atoms with E-state index in [0.717, 1.165) is 10.6 Å². The molecule has 0 spiro atoms. The Kier molecular flexibility index (Phi) is 4.49. The minimum atomic E-state index is -0.465. The van der Waals surface area contributed by atoms with E-state index in [4.69, 9.17) is 0 Å². The summed E-state index contributed by atoms with van der Waals surface area (Å²) < 4.78 is 0. The van der Waals surface area contributed by atoms with E-state index < -0.39 is 11.0 Å². The summed E-state index contributed by atoms with van der Waals surface area (Å²) in [6.45, 7) is 3.76. The number of rotatable bonds is 4. The van der Waals surface area contributed by atoms with Crippen LogP contribution in [0.3, 0.4) is 0 Å². The largest absolute Gasteiger partial charge is 0.331 e. The molecule has 8 heteroatoms. The highest BCUT2D eigenvalue weighted by Gasteiger charge is 2.15. The molecule has 0 aliphatic carbocycles. The summed E-state index contributed by atoms with van der Waals surface area (Å²) in [5, 5.41) is 18.8. The van der Waals surface area contributed by atoms with Crippen LogP contribution in [-0.4, -0.2) is 15.9 Å². The Morgan fingerprint density at radius 3 is 2.76 bits per heavy atom. The molecule has 1 heterocycles. The van der Waals surface area contributed by atoms with Crippen molar-refractivity contribution in [2.75, 3.05) is 5.32 Å². The van der Waals surface area contributed by atoms with Crippen molar-refractivity contribution in [3.05, 3.63) is 50.0 Å². The van der Waals surface area contributed by atoms with Crippen molar-refractivity contribution in [3.8, 4) is 0 Å². The Morgan fingerprint density at radius 1 is 1.38 bits per heavy atom. The highest BCUT2D eigenvalue weighted by atomic mass is 32.1. The van der Waals surface area contributed by atoms with E-state index in [1.165, 1.54) is 17.4 Å². The lowest BCUT2D eigenvalue weighted by Crippen LogP contribution is -2.28. The molecule has 2 N–H and O–H groups in total. The molecule has 0 saturated carbocycles. The monoisotopic (exact) mass is 306 g/mol. The number of benzene rings is 1. The fourth-order valence-corrected chi connectivity index (χ4v) is 2.39.